The number of nitrogens with one attached hydrogen (secondary N) is 2. The van der Waals surface area contributed by atoms with Crippen LogP contribution in [0.25, 0.3) is 5.69 Å². The molecule has 9 heteroatoms. The van der Waals surface area contributed by atoms with Crippen LogP contribution in [0.3, 0.4) is 0 Å². The average molecular weight is 434 g/mol. The van der Waals surface area contributed by atoms with Crippen molar-refractivity contribution < 1.29 is 0 Å². The fourth-order valence-electron chi connectivity index (χ4n) is 5.06. The van der Waals surface area contributed by atoms with Gasteiger partial charge >= 0.3 is 0 Å². The van der Waals surface area contributed by atoms with E-state index in [1.54, 1.807) is 11.0 Å². The zero-order valence-electron chi connectivity index (χ0n) is 18.8. The first kappa shape index (κ1) is 20.8. The number of tetrazole rings is 1. The van der Waals surface area contributed by atoms with Gasteiger partial charge in [-0.2, -0.15) is 4.98 Å². The van der Waals surface area contributed by atoms with Gasteiger partial charge in [0.25, 0.3) is 0 Å². The van der Waals surface area contributed by atoms with E-state index >= 15 is 0 Å². The maximum Gasteiger partial charge on any atom is 0.229 e. The van der Waals surface area contributed by atoms with Crippen molar-refractivity contribution in [2.24, 2.45) is 5.92 Å². The quantitative estimate of drug-likeness (QED) is 0.610. The van der Waals surface area contributed by atoms with E-state index in [0.717, 1.165) is 40.9 Å². The van der Waals surface area contributed by atoms with E-state index < -0.39 is 0 Å². The minimum atomic E-state index is 0.576. The van der Waals surface area contributed by atoms with Crippen molar-refractivity contribution in [2.45, 2.75) is 52.0 Å². The maximum absolute atomic E-state index is 4.78. The summed E-state index contributed by atoms with van der Waals surface area (Å²) in [6.45, 7) is 7.59. The summed E-state index contributed by atoms with van der Waals surface area (Å²) in [5.74, 6) is 2.17. The Morgan fingerprint density at radius 3 is 2.84 bits per heavy atom. The molecule has 0 spiro atoms. The summed E-state index contributed by atoms with van der Waals surface area (Å²) in [6, 6.07) is 6.77. The van der Waals surface area contributed by atoms with E-state index in [-0.39, 0.29) is 0 Å². The highest BCUT2D eigenvalue weighted by molar-refractivity contribution is 5.61. The molecule has 2 atom stereocenters. The predicted octanol–water partition coefficient (Wildman–Crippen LogP) is 3.49. The lowest BCUT2D eigenvalue weighted by atomic mass is 9.83. The number of aryl methyl sites for hydroxylation is 2. The average Bonchev–Trinajstić information content (AvgIpc) is 3.35. The van der Waals surface area contributed by atoms with Crippen molar-refractivity contribution in [3.05, 3.63) is 41.9 Å². The highest BCUT2D eigenvalue weighted by Crippen LogP contribution is 2.31. The van der Waals surface area contributed by atoms with E-state index in [0.29, 0.717) is 11.9 Å². The largest absolute Gasteiger partial charge is 0.369 e. The van der Waals surface area contributed by atoms with Crippen LogP contribution in [0.1, 0.15) is 43.2 Å². The minimum Gasteiger partial charge on any atom is -0.369 e. The first-order valence-electron chi connectivity index (χ1n) is 11.6. The highest BCUT2D eigenvalue weighted by Gasteiger charge is 2.32. The van der Waals surface area contributed by atoms with Gasteiger partial charge in [0.1, 0.15) is 12.1 Å². The normalized spacial score (nSPS) is 21.2. The van der Waals surface area contributed by atoms with Gasteiger partial charge in [-0.1, -0.05) is 12.5 Å². The number of piperidine rings is 2. The molecule has 0 amide bonds. The Morgan fingerprint density at radius 2 is 1.97 bits per heavy atom. The van der Waals surface area contributed by atoms with Crippen LogP contribution in [0.5, 0.6) is 0 Å². The number of hydrogen-bond acceptors (Lipinski definition) is 8. The number of fused-ring (bicyclic) bond motifs is 1. The van der Waals surface area contributed by atoms with Crippen LogP contribution < -0.4 is 10.6 Å². The minimum absolute atomic E-state index is 0.576. The number of rotatable bonds is 6. The molecule has 2 aliphatic rings. The summed E-state index contributed by atoms with van der Waals surface area (Å²) in [7, 11) is 0. The smallest absolute Gasteiger partial charge is 0.229 e. The second kappa shape index (κ2) is 9.20. The molecular weight excluding hydrogens is 402 g/mol. The molecule has 1 aromatic carbocycles. The fourth-order valence-corrected chi connectivity index (χ4v) is 5.06. The van der Waals surface area contributed by atoms with Crippen LogP contribution in [0.2, 0.25) is 0 Å². The van der Waals surface area contributed by atoms with Gasteiger partial charge in [0.2, 0.25) is 5.95 Å². The van der Waals surface area contributed by atoms with Crippen LogP contribution in [0.4, 0.5) is 17.5 Å². The lowest BCUT2D eigenvalue weighted by Crippen LogP contribution is -2.49. The first-order valence-corrected chi connectivity index (χ1v) is 11.6. The third-order valence-corrected chi connectivity index (χ3v) is 6.79. The summed E-state index contributed by atoms with van der Waals surface area (Å²) >= 11 is 0. The number of anilines is 3. The molecule has 2 aromatic heterocycles. The fraction of sp³-hybridized carbons (Fsp3) is 0.522. The molecule has 0 radical (unpaired) electrons. The number of aromatic nitrogens is 6. The zero-order valence-corrected chi connectivity index (χ0v) is 18.8. The Morgan fingerprint density at radius 1 is 1.06 bits per heavy atom. The Labute approximate surface area is 188 Å². The van der Waals surface area contributed by atoms with Gasteiger partial charge < -0.3 is 15.5 Å². The van der Waals surface area contributed by atoms with Crippen molar-refractivity contribution in [3.63, 3.8) is 0 Å². The monoisotopic (exact) mass is 433 g/mol. The van der Waals surface area contributed by atoms with Crippen molar-refractivity contribution in [1.82, 2.24) is 35.1 Å². The van der Waals surface area contributed by atoms with Gasteiger partial charge in [0, 0.05) is 30.0 Å². The molecular formula is C23H31N9. The van der Waals surface area contributed by atoms with Gasteiger partial charge in [-0.25, -0.2) is 9.67 Å². The summed E-state index contributed by atoms with van der Waals surface area (Å²) < 4.78 is 1.65. The Kier molecular flexibility index (Phi) is 5.98. The molecule has 2 saturated heterocycles. The van der Waals surface area contributed by atoms with Crippen molar-refractivity contribution >= 4 is 17.5 Å². The van der Waals surface area contributed by atoms with E-state index in [4.69, 9.17) is 4.98 Å². The van der Waals surface area contributed by atoms with Crippen molar-refractivity contribution in [2.75, 3.05) is 30.3 Å². The molecule has 2 aliphatic heterocycles. The van der Waals surface area contributed by atoms with Gasteiger partial charge in [-0.3, -0.25) is 0 Å². The van der Waals surface area contributed by atoms with E-state index in [2.05, 4.69) is 43.0 Å². The van der Waals surface area contributed by atoms with Crippen LogP contribution in [-0.2, 0) is 0 Å². The molecule has 5 rings (SSSR count). The van der Waals surface area contributed by atoms with Crippen molar-refractivity contribution in [1.29, 1.82) is 0 Å². The Bertz CT molecular complexity index is 1050. The number of hydrogen-bond donors (Lipinski definition) is 2. The third kappa shape index (κ3) is 4.43. The Hall–Kier alpha value is -3.07. The van der Waals surface area contributed by atoms with E-state index in [1.807, 2.05) is 31.3 Å². The summed E-state index contributed by atoms with van der Waals surface area (Å²) in [6.07, 6.45) is 10.1. The Balaban J connectivity index is 1.28. The van der Waals surface area contributed by atoms with E-state index in [9.17, 15) is 0 Å². The van der Waals surface area contributed by atoms with Crippen LogP contribution in [0, 0.1) is 19.8 Å². The molecule has 0 saturated carbocycles. The van der Waals surface area contributed by atoms with Crippen LogP contribution in [0.15, 0.2) is 30.7 Å². The molecule has 9 nitrogen and oxygen atoms in total. The molecule has 0 bridgehead atoms. The van der Waals surface area contributed by atoms with Crippen molar-refractivity contribution in [3.8, 4) is 5.69 Å². The lowest BCUT2D eigenvalue weighted by molar-refractivity contribution is 0.0649. The topological polar surface area (TPSA) is 96.7 Å². The molecule has 32 heavy (non-hydrogen) atoms. The second-order valence-electron chi connectivity index (χ2n) is 8.99. The second-order valence-corrected chi connectivity index (χ2v) is 8.99. The predicted molar refractivity (Wildman–Crippen MR) is 124 cm³/mol. The third-order valence-electron chi connectivity index (χ3n) is 6.79. The molecule has 2 fully saturated rings. The molecule has 4 heterocycles. The SMILES string of the molecule is Cc1ccc(Nc2ncc(C)c(NCC3CCCN4CCCCC34)n2)cc1-n1cnnn1. The molecule has 3 aromatic rings. The zero-order chi connectivity index (χ0) is 21.9. The molecule has 0 aliphatic carbocycles. The number of benzene rings is 1. The van der Waals surface area contributed by atoms with Gasteiger partial charge in [-0.15, -0.1) is 5.10 Å². The first-order chi connectivity index (χ1) is 15.7. The van der Waals surface area contributed by atoms with Crippen LogP contribution in [-0.4, -0.2) is 60.8 Å². The number of nitrogens with zero attached hydrogens (tertiary/aromatic N) is 7. The van der Waals surface area contributed by atoms with Gasteiger partial charge in [0.05, 0.1) is 5.69 Å². The van der Waals surface area contributed by atoms with Crippen LogP contribution >= 0.6 is 0 Å². The molecule has 2 N–H and O–H groups in total. The van der Waals surface area contributed by atoms with Gasteiger partial charge in [-0.05, 0) is 86.7 Å². The van der Waals surface area contributed by atoms with E-state index in [1.165, 1.54) is 45.2 Å². The van der Waals surface area contributed by atoms with Gasteiger partial charge in [0.15, 0.2) is 0 Å². The maximum atomic E-state index is 4.78. The summed E-state index contributed by atoms with van der Waals surface area (Å²) in [5.41, 5.74) is 3.95. The molecule has 168 valence electrons. The standard InChI is InChI=1S/C23H31N9/c1-16-8-9-19(12-21(16)32-15-26-29-30-32)27-23-25-13-17(2)22(28-23)24-14-18-6-5-11-31-10-4-3-7-20(18)31/h8-9,12-13,15,18,20H,3-7,10-11,14H2,1-2H3,(H2,24,25,27,28). The molecule has 2 unspecified atom stereocenters. The highest BCUT2D eigenvalue weighted by atomic mass is 15.5. The lowest BCUT2D eigenvalue weighted by Gasteiger charge is -2.44. The summed E-state index contributed by atoms with van der Waals surface area (Å²) in [4.78, 5) is 12.0. The summed E-state index contributed by atoms with van der Waals surface area (Å²) in [5, 5.41) is 18.4.